The quantitative estimate of drug-likeness (QED) is 0.210. The molecule has 0 atom stereocenters. The number of nitrogens with zero attached hydrogens (tertiary/aromatic N) is 3. The van der Waals surface area contributed by atoms with Gasteiger partial charge in [0.05, 0.1) is 22.2 Å². The van der Waals surface area contributed by atoms with Crippen molar-refractivity contribution in [1.29, 1.82) is 0 Å². The molecule has 0 aliphatic heterocycles. The van der Waals surface area contributed by atoms with Crippen LogP contribution in [0.5, 0.6) is 0 Å². The highest BCUT2D eigenvalue weighted by molar-refractivity contribution is 6.11. The van der Waals surface area contributed by atoms with Gasteiger partial charge in [-0.2, -0.15) is 0 Å². The van der Waals surface area contributed by atoms with Crippen molar-refractivity contribution in [2.75, 3.05) is 0 Å². The third kappa shape index (κ3) is 3.73. The number of fused-ring (bicyclic) bond motifs is 6. The number of hydrogen-bond donors (Lipinski definition) is 0. The normalized spacial score (nSPS) is 11.6. The van der Waals surface area contributed by atoms with Crippen molar-refractivity contribution in [3.63, 3.8) is 0 Å². The molecular weight excluding hydrogens is 534 g/mol. The molecule has 0 fully saturated rings. The Hall–Kier alpha value is -5.93. The minimum absolute atomic E-state index is 0.957. The van der Waals surface area contributed by atoms with Crippen molar-refractivity contribution < 1.29 is 0 Å². The van der Waals surface area contributed by atoms with E-state index in [2.05, 4.69) is 173 Å². The summed E-state index contributed by atoms with van der Waals surface area (Å²) in [5.41, 5.74) is 11.1. The summed E-state index contributed by atoms with van der Waals surface area (Å²) in [6.07, 6.45) is 0. The maximum atomic E-state index is 5.48. The smallest absolute Gasteiger partial charge is 0.146 e. The summed E-state index contributed by atoms with van der Waals surface area (Å²) in [4.78, 5) is 5.48. The Bertz CT molecular complexity index is 2410. The minimum Gasteiger partial charge on any atom is -0.309 e. The van der Waals surface area contributed by atoms with Crippen LogP contribution in [-0.4, -0.2) is 14.1 Å². The average molecular weight is 562 g/mol. The molecule has 0 N–H and O–H groups in total. The average Bonchev–Trinajstić information content (AvgIpc) is 3.61. The van der Waals surface area contributed by atoms with Crippen LogP contribution in [-0.2, 0) is 0 Å². The highest BCUT2D eigenvalue weighted by Gasteiger charge is 2.19. The fourth-order valence-corrected chi connectivity index (χ4v) is 6.75. The molecule has 0 amide bonds. The maximum absolute atomic E-state index is 5.48. The molecule has 0 unspecified atom stereocenters. The summed E-state index contributed by atoms with van der Waals surface area (Å²) in [5, 5.41) is 4.87. The summed E-state index contributed by atoms with van der Waals surface area (Å²) in [6.45, 7) is 0. The van der Waals surface area contributed by atoms with Gasteiger partial charge < -0.3 is 4.57 Å². The van der Waals surface area contributed by atoms with Gasteiger partial charge in [0.1, 0.15) is 5.65 Å². The van der Waals surface area contributed by atoms with Gasteiger partial charge in [0.2, 0.25) is 0 Å². The van der Waals surface area contributed by atoms with Crippen molar-refractivity contribution in [1.82, 2.24) is 14.1 Å². The van der Waals surface area contributed by atoms with Gasteiger partial charge in [-0.1, -0.05) is 115 Å². The Balaban J connectivity index is 1.29. The highest BCUT2D eigenvalue weighted by atomic mass is 15.1. The van der Waals surface area contributed by atoms with Crippen LogP contribution in [0, 0.1) is 0 Å². The predicted octanol–water partition coefficient (Wildman–Crippen LogP) is 10.6. The van der Waals surface area contributed by atoms with Gasteiger partial charge in [-0.25, -0.2) is 4.98 Å². The molecule has 44 heavy (non-hydrogen) atoms. The van der Waals surface area contributed by atoms with E-state index in [1.165, 1.54) is 27.2 Å². The second kappa shape index (κ2) is 9.82. The van der Waals surface area contributed by atoms with Crippen LogP contribution >= 0.6 is 0 Å². The van der Waals surface area contributed by atoms with E-state index >= 15 is 0 Å². The lowest BCUT2D eigenvalue weighted by Gasteiger charge is -2.14. The lowest BCUT2D eigenvalue weighted by Crippen LogP contribution is -1.98. The molecule has 9 rings (SSSR count). The predicted molar refractivity (Wildman–Crippen MR) is 184 cm³/mol. The molecule has 0 spiro atoms. The Morgan fingerprint density at radius 1 is 0.364 bits per heavy atom. The van der Waals surface area contributed by atoms with E-state index in [0.29, 0.717) is 0 Å². The van der Waals surface area contributed by atoms with Gasteiger partial charge in [0, 0.05) is 44.0 Å². The van der Waals surface area contributed by atoms with E-state index in [1.54, 1.807) is 0 Å². The molecule has 0 aliphatic carbocycles. The first-order valence-electron chi connectivity index (χ1n) is 15.0. The molecule has 3 aromatic heterocycles. The van der Waals surface area contributed by atoms with Crippen molar-refractivity contribution in [2.24, 2.45) is 0 Å². The topological polar surface area (TPSA) is 22.8 Å². The van der Waals surface area contributed by atoms with Crippen molar-refractivity contribution in [2.45, 2.75) is 0 Å². The maximum Gasteiger partial charge on any atom is 0.146 e. The largest absolute Gasteiger partial charge is 0.309 e. The molecule has 206 valence electrons. The SMILES string of the molecule is c1ccc(-c2cc3c4ccccc4n(-c4ccccc4)c3nc2-c2ccc(-n3c4ccccc4c4ccccc43)cc2)cc1. The van der Waals surface area contributed by atoms with Crippen molar-refractivity contribution in [3.05, 3.63) is 164 Å². The first kappa shape index (κ1) is 24.6. The Kier molecular flexibility index (Phi) is 5.50. The molecule has 3 heteroatoms. The second-order valence-corrected chi connectivity index (χ2v) is 11.2. The molecule has 6 aromatic carbocycles. The lowest BCUT2D eigenvalue weighted by atomic mass is 9.97. The van der Waals surface area contributed by atoms with Crippen LogP contribution in [0.2, 0.25) is 0 Å². The standard InChI is InChI=1S/C41H27N3/c1-3-13-28(14-4-1)35-27-36-34-19-9-12-22-39(34)44(30-15-5-2-6-16-30)41(36)42-40(35)29-23-25-31(26-24-29)43-37-20-10-7-17-32(37)33-18-8-11-21-38(33)43/h1-27H. The van der Waals surface area contributed by atoms with E-state index in [1.807, 2.05) is 0 Å². The van der Waals surface area contributed by atoms with Gasteiger partial charge >= 0.3 is 0 Å². The molecule has 0 radical (unpaired) electrons. The zero-order chi connectivity index (χ0) is 29.0. The summed E-state index contributed by atoms with van der Waals surface area (Å²) in [5.74, 6) is 0. The number of aromatic nitrogens is 3. The summed E-state index contributed by atoms with van der Waals surface area (Å²) >= 11 is 0. The zero-order valence-corrected chi connectivity index (χ0v) is 23.9. The highest BCUT2D eigenvalue weighted by Crippen LogP contribution is 2.39. The summed E-state index contributed by atoms with van der Waals surface area (Å²) in [6, 6.07) is 58.2. The molecule has 9 aromatic rings. The van der Waals surface area contributed by atoms with E-state index < -0.39 is 0 Å². The summed E-state index contributed by atoms with van der Waals surface area (Å²) < 4.78 is 4.64. The Labute approximate surface area is 254 Å². The van der Waals surface area contributed by atoms with Gasteiger partial charge in [-0.05, 0) is 54.1 Å². The van der Waals surface area contributed by atoms with Crippen LogP contribution in [0.25, 0.3) is 77.5 Å². The lowest BCUT2D eigenvalue weighted by molar-refractivity contribution is 1.14. The van der Waals surface area contributed by atoms with Gasteiger partial charge in [0.15, 0.2) is 0 Å². The van der Waals surface area contributed by atoms with E-state index in [4.69, 9.17) is 4.98 Å². The number of para-hydroxylation sites is 4. The van der Waals surface area contributed by atoms with Gasteiger partial charge in [0.25, 0.3) is 0 Å². The third-order valence-corrected chi connectivity index (χ3v) is 8.73. The minimum atomic E-state index is 0.957. The van der Waals surface area contributed by atoms with Crippen molar-refractivity contribution in [3.8, 4) is 33.8 Å². The zero-order valence-electron chi connectivity index (χ0n) is 23.9. The molecule has 0 bridgehead atoms. The van der Waals surface area contributed by atoms with Crippen LogP contribution in [0.15, 0.2) is 164 Å². The number of rotatable bonds is 4. The van der Waals surface area contributed by atoms with Crippen LogP contribution in [0.3, 0.4) is 0 Å². The number of pyridine rings is 1. The van der Waals surface area contributed by atoms with E-state index in [0.717, 1.165) is 50.3 Å². The van der Waals surface area contributed by atoms with E-state index in [9.17, 15) is 0 Å². The van der Waals surface area contributed by atoms with Crippen LogP contribution in [0.1, 0.15) is 0 Å². The van der Waals surface area contributed by atoms with Gasteiger partial charge in [-0.3, -0.25) is 4.57 Å². The Morgan fingerprint density at radius 3 is 1.45 bits per heavy atom. The molecule has 3 heterocycles. The fraction of sp³-hybridized carbons (Fsp3) is 0. The monoisotopic (exact) mass is 561 g/mol. The molecule has 0 saturated carbocycles. The second-order valence-electron chi connectivity index (χ2n) is 11.2. The van der Waals surface area contributed by atoms with Crippen molar-refractivity contribution >= 4 is 43.7 Å². The summed E-state index contributed by atoms with van der Waals surface area (Å²) in [7, 11) is 0. The van der Waals surface area contributed by atoms with Gasteiger partial charge in [-0.15, -0.1) is 0 Å². The molecule has 0 saturated heterocycles. The number of benzene rings is 6. The molecular formula is C41H27N3. The first-order valence-corrected chi connectivity index (χ1v) is 15.0. The fourth-order valence-electron chi connectivity index (χ4n) is 6.75. The number of hydrogen-bond acceptors (Lipinski definition) is 1. The molecule has 3 nitrogen and oxygen atoms in total. The van der Waals surface area contributed by atoms with Crippen LogP contribution < -0.4 is 0 Å². The van der Waals surface area contributed by atoms with Crippen LogP contribution in [0.4, 0.5) is 0 Å². The first-order chi connectivity index (χ1) is 21.8. The van der Waals surface area contributed by atoms with E-state index in [-0.39, 0.29) is 0 Å². The molecule has 0 aliphatic rings. The Morgan fingerprint density at radius 2 is 0.841 bits per heavy atom. The third-order valence-electron chi connectivity index (χ3n) is 8.73.